The third kappa shape index (κ3) is 3.44. The van der Waals surface area contributed by atoms with Gasteiger partial charge in [0.15, 0.2) is 0 Å². The highest BCUT2D eigenvalue weighted by atomic mass is 16.1. The van der Waals surface area contributed by atoms with Crippen molar-refractivity contribution in [1.82, 2.24) is 14.9 Å². The fourth-order valence-electron chi connectivity index (χ4n) is 1.65. The fourth-order valence-corrected chi connectivity index (χ4v) is 1.65. The summed E-state index contributed by atoms with van der Waals surface area (Å²) in [4.78, 5) is 15.7. The Morgan fingerprint density at radius 3 is 3.00 bits per heavy atom. The number of nitrogens with one attached hydrogen (secondary N) is 2. The lowest BCUT2D eigenvalue weighted by Crippen LogP contribution is -2.28. The minimum Gasteiger partial charge on any atom is -0.323 e. The molecule has 2 rings (SSSR count). The minimum atomic E-state index is -0.136. The average Bonchev–Trinajstić information content (AvgIpc) is 2.93. The Bertz CT molecular complexity index is 584. The zero-order chi connectivity index (χ0) is 13.5. The van der Waals surface area contributed by atoms with E-state index in [0.717, 1.165) is 11.4 Å². The molecule has 0 spiro atoms. The highest BCUT2D eigenvalue weighted by Gasteiger charge is 2.06. The first-order chi connectivity index (χ1) is 9.31. The van der Waals surface area contributed by atoms with E-state index in [4.69, 9.17) is 6.42 Å². The quantitative estimate of drug-likeness (QED) is 0.619. The van der Waals surface area contributed by atoms with Crippen LogP contribution in [0.4, 0.5) is 5.69 Å². The van der Waals surface area contributed by atoms with Gasteiger partial charge >= 0.3 is 0 Å². The summed E-state index contributed by atoms with van der Waals surface area (Å²) in [6.45, 7) is 0.555. The summed E-state index contributed by atoms with van der Waals surface area (Å²) in [6, 6.07) is 7.52. The number of hydrogen-bond acceptors (Lipinski definition) is 3. The van der Waals surface area contributed by atoms with Gasteiger partial charge in [-0.2, -0.15) is 0 Å². The molecule has 2 aromatic rings. The molecule has 5 heteroatoms. The van der Waals surface area contributed by atoms with Crippen LogP contribution >= 0.6 is 0 Å². The molecule has 2 N–H and O–H groups in total. The van der Waals surface area contributed by atoms with Crippen LogP contribution in [0, 0.1) is 12.3 Å². The van der Waals surface area contributed by atoms with Gasteiger partial charge in [-0.25, -0.2) is 4.98 Å². The maximum Gasteiger partial charge on any atom is 0.238 e. The molecule has 96 valence electrons. The van der Waals surface area contributed by atoms with Crippen molar-refractivity contribution in [3.05, 3.63) is 43.0 Å². The number of aromatic nitrogens is 2. The van der Waals surface area contributed by atoms with Crippen molar-refractivity contribution < 1.29 is 4.79 Å². The van der Waals surface area contributed by atoms with Crippen molar-refractivity contribution in [3.8, 4) is 18.0 Å². The maximum atomic E-state index is 11.7. The van der Waals surface area contributed by atoms with E-state index in [2.05, 4.69) is 21.5 Å². The molecular weight excluding hydrogens is 240 g/mol. The number of hydrogen-bond donors (Lipinski definition) is 2. The number of anilines is 1. The molecule has 19 heavy (non-hydrogen) atoms. The van der Waals surface area contributed by atoms with Crippen molar-refractivity contribution in [2.45, 2.75) is 0 Å². The van der Waals surface area contributed by atoms with E-state index in [1.807, 2.05) is 35.0 Å². The number of benzene rings is 1. The van der Waals surface area contributed by atoms with Crippen LogP contribution in [-0.2, 0) is 4.79 Å². The average molecular weight is 254 g/mol. The first kappa shape index (κ1) is 12.9. The molecule has 0 aliphatic rings. The van der Waals surface area contributed by atoms with Gasteiger partial charge in [0.1, 0.15) is 0 Å². The summed E-state index contributed by atoms with van der Waals surface area (Å²) in [5.74, 6) is 2.28. The second-order valence-corrected chi connectivity index (χ2v) is 3.84. The normalized spacial score (nSPS) is 9.84. The van der Waals surface area contributed by atoms with Crippen LogP contribution in [0.15, 0.2) is 43.0 Å². The number of carbonyl (C=O) groups excluding carboxylic acids is 1. The molecule has 0 fully saturated rings. The summed E-state index contributed by atoms with van der Waals surface area (Å²) >= 11 is 0. The van der Waals surface area contributed by atoms with E-state index in [-0.39, 0.29) is 12.5 Å². The first-order valence-electron chi connectivity index (χ1n) is 5.82. The zero-order valence-corrected chi connectivity index (χ0v) is 10.3. The highest BCUT2D eigenvalue weighted by Crippen LogP contribution is 2.19. The number of amides is 1. The molecule has 5 nitrogen and oxygen atoms in total. The Balaban J connectivity index is 2.09. The molecule has 0 radical (unpaired) electrons. The standard InChI is InChI=1S/C14H14N4O/c1-2-7-15-10-14(19)17-12-5-3-4-6-13(12)18-9-8-16-11-18/h1,3-6,8-9,11,15H,7,10H2,(H,17,19). The van der Waals surface area contributed by atoms with Crippen LogP contribution < -0.4 is 10.6 Å². The van der Waals surface area contributed by atoms with E-state index in [0.29, 0.717) is 6.54 Å². The van der Waals surface area contributed by atoms with Crippen LogP contribution in [0.25, 0.3) is 5.69 Å². The fraction of sp³-hybridized carbons (Fsp3) is 0.143. The topological polar surface area (TPSA) is 59.0 Å². The van der Waals surface area contributed by atoms with Gasteiger partial charge in [-0.3, -0.25) is 10.1 Å². The molecule has 0 aliphatic heterocycles. The summed E-state index contributed by atoms with van der Waals surface area (Å²) < 4.78 is 1.84. The van der Waals surface area contributed by atoms with Crippen molar-refractivity contribution in [2.75, 3.05) is 18.4 Å². The molecule has 0 saturated heterocycles. The molecule has 0 aliphatic carbocycles. The van der Waals surface area contributed by atoms with Gasteiger partial charge in [0.25, 0.3) is 0 Å². The SMILES string of the molecule is C#CCNCC(=O)Nc1ccccc1-n1ccnc1. The van der Waals surface area contributed by atoms with Crippen molar-refractivity contribution in [2.24, 2.45) is 0 Å². The Hall–Kier alpha value is -2.58. The zero-order valence-electron chi connectivity index (χ0n) is 10.3. The van der Waals surface area contributed by atoms with Crippen LogP contribution in [0.5, 0.6) is 0 Å². The molecule has 1 heterocycles. The largest absolute Gasteiger partial charge is 0.323 e. The lowest BCUT2D eigenvalue weighted by molar-refractivity contribution is -0.115. The van der Waals surface area contributed by atoms with E-state index in [1.165, 1.54) is 0 Å². The second kappa shape index (κ2) is 6.38. The molecule has 0 saturated carbocycles. The summed E-state index contributed by atoms with van der Waals surface area (Å²) in [5.41, 5.74) is 1.60. The molecule has 1 aromatic carbocycles. The Morgan fingerprint density at radius 1 is 1.42 bits per heavy atom. The Morgan fingerprint density at radius 2 is 2.26 bits per heavy atom. The summed E-state index contributed by atoms with van der Waals surface area (Å²) in [6.07, 6.45) is 10.3. The van der Waals surface area contributed by atoms with E-state index >= 15 is 0 Å². The third-order valence-electron chi connectivity index (χ3n) is 2.47. The number of carbonyl (C=O) groups is 1. The lowest BCUT2D eigenvalue weighted by atomic mass is 10.2. The van der Waals surface area contributed by atoms with Gasteiger partial charge < -0.3 is 9.88 Å². The van der Waals surface area contributed by atoms with E-state index < -0.39 is 0 Å². The number of nitrogens with zero attached hydrogens (tertiary/aromatic N) is 2. The van der Waals surface area contributed by atoms with Crippen molar-refractivity contribution in [1.29, 1.82) is 0 Å². The van der Waals surface area contributed by atoms with E-state index in [1.54, 1.807) is 12.5 Å². The molecule has 1 amide bonds. The maximum absolute atomic E-state index is 11.7. The van der Waals surface area contributed by atoms with Crippen LogP contribution in [0.2, 0.25) is 0 Å². The first-order valence-corrected chi connectivity index (χ1v) is 5.82. The second-order valence-electron chi connectivity index (χ2n) is 3.84. The summed E-state index contributed by atoms with van der Waals surface area (Å²) in [7, 11) is 0. The van der Waals surface area contributed by atoms with E-state index in [9.17, 15) is 4.79 Å². The van der Waals surface area contributed by atoms with Gasteiger partial charge in [0, 0.05) is 12.4 Å². The number of imidazole rings is 1. The van der Waals surface area contributed by atoms with Crippen LogP contribution in [-0.4, -0.2) is 28.5 Å². The van der Waals surface area contributed by atoms with Gasteiger partial charge in [-0.15, -0.1) is 6.42 Å². The monoisotopic (exact) mass is 254 g/mol. The van der Waals surface area contributed by atoms with Crippen molar-refractivity contribution >= 4 is 11.6 Å². The number of rotatable bonds is 5. The van der Waals surface area contributed by atoms with Gasteiger partial charge in [-0.1, -0.05) is 18.1 Å². The molecule has 0 atom stereocenters. The summed E-state index contributed by atoms with van der Waals surface area (Å²) in [5, 5.41) is 5.68. The predicted molar refractivity (Wildman–Crippen MR) is 73.9 cm³/mol. The van der Waals surface area contributed by atoms with Gasteiger partial charge in [-0.05, 0) is 12.1 Å². The van der Waals surface area contributed by atoms with Gasteiger partial charge in [0.2, 0.25) is 5.91 Å². The Kier molecular flexibility index (Phi) is 4.32. The minimum absolute atomic E-state index is 0.136. The molecular formula is C14H14N4O. The number of para-hydroxylation sites is 2. The molecule has 0 unspecified atom stereocenters. The Labute approximate surface area is 111 Å². The lowest BCUT2D eigenvalue weighted by Gasteiger charge is -2.11. The number of terminal acetylenes is 1. The van der Waals surface area contributed by atoms with Crippen molar-refractivity contribution in [3.63, 3.8) is 0 Å². The highest BCUT2D eigenvalue weighted by molar-refractivity contribution is 5.94. The molecule has 0 bridgehead atoms. The molecule has 1 aromatic heterocycles. The van der Waals surface area contributed by atoms with Crippen LogP contribution in [0.1, 0.15) is 0 Å². The predicted octanol–water partition coefficient (Wildman–Crippen LogP) is 1.03. The third-order valence-corrected chi connectivity index (χ3v) is 2.47. The van der Waals surface area contributed by atoms with Gasteiger partial charge in [0.05, 0.1) is 30.8 Å². The smallest absolute Gasteiger partial charge is 0.238 e. The van der Waals surface area contributed by atoms with Crippen LogP contribution in [0.3, 0.4) is 0 Å².